The predicted octanol–water partition coefficient (Wildman–Crippen LogP) is 2.48. The molecule has 0 spiro atoms. The number of nitrogens with zero attached hydrogens (tertiary/aromatic N) is 3. The summed E-state index contributed by atoms with van der Waals surface area (Å²) in [6, 6.07) is 11.5. The van der Waals surface area contributed by atoms with Gasteiger partial charge in [0.25, 0.3) is 15.9 Å². The summed E-state index contributed by atoms with van der Waals surface area (Å²) in [4.78, 5) is 19.5. The summed E-state index contributed by atoms with van der Waals surface area (Å²) in [6.07, 6.45) is 2.57. The van der Waals surface area contributed by atoms with E-state index in [4.69, 9.17) is 0 Å². The van der Waals surface area contributed by atoms with Crippen LogP contribution in [0.3, 0.4) is 0 Å². The third kappa shape index (κ3) is 5.46. The molecule has 32 heavy (non-hydrogen) atoms. The second-order valence-corrected chi connectivity index (χ2v) is 9.98. The third-order valence-corrected chi connectivity index (χ3v) is 7.46. The van der Waals surface area contributed by atoms with Gasteiger partial charge >= 0.3 is 0 Å². The highest BCUT2D eigenvalue weighted by atomic mass is 32.2. The van der Waals surface area contributed by atoms with Gasteiger partial charge in [0.2, 0.25) is 0 Å². The van der Waals surface area contributed by atoms with Crippen molar-refractivity contribution in [3.05, 3.63) is 59.9 Å². The molecule has 1 amide bonds. The average Bonchev–Trinajstić information content (AvgIpc) is 3.33. The van der Waals surface area contributed by atoms with E-state index >= 15 is 0 Å². The number of piperazine rings is 1. The molecule has 2 fully saturated rings. The number of nitrogens with one attached hydrogen (secondary N) is 1. The van der Waals surface area contributed by atoms with Crippen molar-refractivity contribution < 1.29 is 17.6 Å². The first kappa shape index (κ1) is 22.7. The number of likely N-dealkylation sites (tertiary alicyclic amines) is 1. The smallest absolute Gasteiger partial charge is 0.262 e. The van der Waals surface area contributed by atoms with Gasteiger partial charge < -0.3 is 9.80 Å². The number of benzene rings is 2. The second-order valence-electron chi connectivity index (χ2n) is 8.30. The number of carbonyl (C=O) groups is 1. The number of rotatable bonds is 7. The first-order valence-electron chi connectivity index (χ1n) is 11.0. The Labute approximate surface area is 188 Å². The fourth-order valence-electron chi connectivity index (χ4n) is 4.19. The van der Waals surface area contributed by atoms with E-state index in [1.807, 2.05) is 0 Å². The average molecular weight is 461 g/mol. The molecule has 2 saturated heterocycles. The molecule has 0 unspecified atom stereocenters. The van der Waals surface area contributed by atoms with E-state index < -0.39 is 15.8 Å². The lowest BCUT2D eigenvalue weighted by molar-refractivity contribution is 0.0626. The van der Waals surface area contributed by atoms with Crippen molar-refractivity contribution in [2.45, 2.75) is 17.7 Å². The van der Waals surface area contributed by atoms with E-state index in [0.29, 0.717) is 18.7 Å². The van der Waals surface area contributed by atoms with Crippen LogP contribution in [0.4, 0.5) is 10.1 Å². The van der Waals surface area contributed by atoms with Crippen molar-refractivity contribution in [2.75, 3.05) is 57.1 Å². The molecule has 2 aliphatic heterocycles. The van der Waals surface area contributed by atoms with E-state index in [1.165, 1.54) is 62.3 Å². The van der Waals surface area contributed by atoms with Crippen molar-refractivity contribution >= 4 is 21.6 Å². The summed E-state index contributed by atoms with van der Waals surface area (Å²) < 4.78 is 41.5. The standard InChI is InChI=1S/C23H29FN4O3S/c24-21-8-1-2-9-22(21)25-32(30,31)20-7-5-6-19(18-20)23(29)28-16-14-27(15-17-28)13-12-26-10-3-4-11-26/h1-2,5-9,18,25H,3-4,10-17H2. The minimum absolute atomic E-state index is 0.0733. The molecule has 2 heterocycles. The van der Waals surface area contributed by atoms with Crippen LogP contribution in [0.1, 0.15) is 23.2 Å². The molecule has 0 radical (unpaired) electrons. The maximum atomic E-state index is 13.9. The summed E-state index contributed by atoms with van der Waals surface area (Å²) >= 11 is 0. The molecule has 7 nitrogen and oxygen atoms in total. The predicted molar refractivity (Wildman–Crippen MR) is 122 cm³/mol. The summed E-state index contributed by atoms with van der Waals surface area (Å²) in [5.41, 5.74) is 0.182. The molecule has 172 valence electrons. The highest BCUT2D eigenvalue weighted by molar-refractivity contribution is 7.92. The van der Waals surface area contributed by atoms with Gasteiger partial charge in [-0.25, -0.2) is 12.8 Å². The van der Waals surface area contributed by atoms with E-state index in [9.17, 15) is 17.6 Å². The number of anilines is 1. The van der Waals surface area contributed by atoms with Crippen LogP contribution in [-0.2, 0) is 10.0 Å². The largest absolute Gasteiger partial charge is 0.336 e. The Balaban J connectivity index is 1.36. The van der Waals surface area contributed by atoms with Gasteiger partial charge in [-0.2, -0.15) is 0 Å². The minimum atomic E-state index is -4.02. The van der Waals surface area contributed by atoms with Gasteiger partial charge in [-0.3, -0.25) is 14.4 Å². The SMILES string of the molecule is O=C(c1cccc(S(=O)(=O)Nc2ccccc2F)c1)N1CCN(CCN2CCCC2)CC1. The lowest BCUT2D eigenvalue weighted by Crippen LogP contribution is -2.50. The maximum Gasteiger partial charge on any atom is 0.262 e. The Kier molecular flexibility index (Phi) is 7.07. The topological polar surface area (TPSA) is 73.0 Å². The van der Waals surface area contributed by atoms with Crippen LogP contribution >= 0.6 is 0 Å². The molecule has 1 N–H and O–H groups in total. The van der Waals surface area contributed by atoms with Crippen molar-refractivity contribution in [1.29, 1.82) is 0 Å². The zero-order valence-electron chi connectivity index (χ0n) is 18.0. The summed E-state index contributed by atoms with van der Waals surface area (Å²) in [6.45, 7) is 7.30. The number of hydrogen-bond donors (Lipinski definition) is 1. The Hall–Kier alpha value is -2.49. The van der Waals surface area contributed by atoms with Crippen LogP contribution < -0.4 is 4.72 Å². The number of para-hydroxylation sites is 1. The fourth-order valence-corrected chi connectivity index (χ4v) is 5.30. The third-order valence-electron chi connectivity index (χ3n) is 6.10. The summed E-state index contributed by atoms with van der Waals surface area (Å²) in [5.74, 6) is -0.849. The second kappa shape index (κ2) is 9.97. The molecule has 2 aliphatic rings. The van der Waals surface area contributed by atoms with Crippen molar-refractivity contribution in [2.24, 2.45) is 0 Å². The number of hydrogen-bond acceptors (Lipinski definition) is 5. The Morgan fingerprint density at radius 2 is 1.53 bits per heavy atom. The molecule has 2 aromatic carbocycles. The van der Waals surface area contributed by atoms with E-state index in [0.717, 1.165) is 26.2 Å². The van der Waals surface area contributed by atoms with E-state index in [-0.39, 0.29) is 16.5 Å². The van der Waals surface area contributed by atoms with Crippen molar-refractivity contribution in [3.8, 4) is 0 Å². The normalized spacial score (nSPS) is 18.1. The molecular weight excluding hydrogens is 431 g/mol. The number of amides is 1. The zero-order chi connectivity index (χ0) is 22.6. The molecule has 2 aromatic rings. The molecule has 9 heteroatoms. The van der Waals surface area contributed by atoms with Crippen LogP contribution in [0, 0.1) is 5.82 Å². The van der Waals surface area contributed by atoms with Gasteiger partial charge in [0.15, 0.2) is 0 Å². The number of carbonyl (C=O) groups excluding carboxylic acids is 1. The van der Waals surface area contributed by atoms with Crippen LogP contribution in [0.2, 0.25) is 0 Å². The van der Waals surface area contributed by atoms with Crippen LogP contribution in [0.25, 0.3) is 0 Å². The van der Waals surface area contributed by atoms with Crippen molar-refractivity contribution in [1.82, 2.24) is 14.7 Å². The van der Waals surface area contributed by atoms with Gasteiger partial charge in [0.05, 0.1) is 10.6 Å². The van der Waals surface area contributed by atoms with E-state index in [1.54, 1.807) is 17.0 Å². The monoisotopic (exact) mass is 460 g/mol. The van der Waals surface area contributed by atoms with Gasteiger partial charge in [-0.05, 0) is 56.3 Å². The first-order chi connectivity index (χ1) is 15.4. The highest BCUT2D eigenvalue weighted by Gasteiger charge is 2.24. The lowest BCUT2D eigenvalue weighted by atomic mass is 10.2. The van der Waals surface area contributed by atoms with E-state index in [2.05, 4.69) is 14.5 Å². The number of sulfonamides is 1. The van der Waals surface area contributed by atoms with Gasteiger partial charge in [0, 0.05) is 44.8 Å². The lowest BCUT2D eigenvalue weighted by Gasteiger charge is -2.35. The van der Waals surface area contributed by atoms with Gasteiger partial charge in [-0.15, -0.1) is 0 Å². The first-order valence-corrected chi connectivity index (χ1v) is 12.5. The quantitative estimate of drug-likeness (QED) is 0.687. The number of halogens is 1. The van der Waals surface area contributed by atoms with Crippen LogP contribution in [-0.4, -0.2) is 81.4 Å². The molecule has 0 aromatic heterocycles. The highest BCUT2D eigenvalue weighted by Crippen LogP contribution is 2.20. The molecule has 0 aliphatic carbocycles. The van der Waals surface area contributed by atoms with Gasteiger partial charge in [0.1, 0.15) is 5.82 Å². The van der Waals surface area contributed by atoms with Crippen LogP contribution in [0.5, 0.6) is 0 Å². The molecule has 0 bridgehead atoms. The molecule has 0 saturated carbocycles. The molecule has 0 atom stereocenters. The summed E-state index contributed by atoms with van der Waals surface area (Å²) in [7, 11) is -4.02. The Bertz CT molecular complexity index is 1050. The maximum absolute atomic E-state index is 13.9. The Morgan fingerprint density at radius 1 is 0.875 bits per heavy atom. The fraction of sp³-hybridized carbons (Fsp3) is 0.435. The molecular formula is C23H29FN4O3S. The van der Waals surface area contributed by atoms with Gasteiger partial charge in [-0.1, -0.05) is 18.2 Å². The van der Waals surface area contributed by atoms with Crippen molar-refractivity contribution in [3.63, 3.8) is 0 Å². The molecule has 4 rings (SSSR count). The minimum Gasteiger partial charge on any atom is -0.336 e. The summed E-state index contributed by atoms with van der Waals surface area (Å²) in [5, 5.41) is 0. The van der Waals surface area contributed by atoms with Crippen LogP contribution in [0.15, 0.2) is 53.4 Å². The zero-order valence-corrected chi connectivity index (χ0v) is 18.9. The Morgan fingerprint density at radius 3 is 2.22 bits per heavy atom.